The molecular weight excluding hydrogens is 893 g/mol. The van der Waals surface area contributed by atoms with Crippen LogP contribution in [0.1, 0.15) is 67.5 Å². The molecule has 0 amide bonds. The summed E-state index contributed by atoms with van der Waals surface area (Å²) in [5.74, 6) is 0. The lowest BCUT2D eigenvalue weighted by molar-refractivity contribution is 0.660. The molecule has 3 aliphatic carbocycles. The molecule has 0 atom stereocenters. The fourth-order valence-electron chi connectivity index (χ4n) is 13.5. The molecule has 0 aliphatic heterocycles. The van der Waals surface area contributed by atoms with Crippen LogP contribution in [0, 0.1) is 0 Å². The van der Waals surface area contributed by atoms with Gasteiger partial charge in [-0.3, -0.25) is 0 Å². The van der Waals surface area contributed by atoms with Gasteiger partial charge in [0.1, 0.15) is 0 Å². The van der Waals surface area contributed by atoms with Gasteiger partial charge in [0.2, 0.25) is 0 Å². The maximum atomic E-state index is 2.61. The lowest BCUT2D eigenvalue weighted by atomic mass is 9.79. The van der Waals surface area contributed by atoms with Gasteiger partial charge in [0, 0.05) is 55.1 Å². The van der Waals surface area contributed by atoms with E-state index >= 15 is 0 Å². The molecule has 0 aromatic heterocycles. The number of rotatable bonds is 6. The van der Waals surface area contributed by atoms with Gasteiger partial charge in [-0.2, -0.15) is 0 Å². The predicted molar refractivity (Wildman–Crippen MR) is 316 cm³/mol. The van der Waals surface area contributed by atoms with Gasteiger partial charge in [0.15, 0.2) is 0 Å². The zero-order valence-electron chi connectivity index (χ0n) is 42.2. The molecule has 3 aliphatic rings. The Bertz CT molecular complexity index is 4370. The van der Waals surface area contributed by atoms with E-state index in [0.717, 1.165) is 35.6 Å². The Balaban J connectivity index is 1.18. The van der Waals surface area contributed by atoms with Gasteiger partial charge < -0.3 is 9.80 Å². The van der Waals surface area contributed by atoms with Crippen LogP contribution in [0.15, 0.2) is 224 Å². The maximum absolute atomic E-state index is 2.61. The molecule has 0 fully saturated rings. The van der Waals surface area contributed by atoms with E-state index in [1.54, 1.807) is 0 Å². The Hall–Kier alpha value is -8.72. The number of anilines is 6. The normalized spacial score (nSPS) is 14.5. The molecule has 0 radical (unpaired) electrons. The number of aryl methyl sites for hydroxylation is 1. The van der Waals surface area contributed by atoms with Gasteiger partial charge in [-0.05, 0) is 174 Å². The van der Waals surface area contributed by atoms with E-state index in [1.807, 2.05) is 0 Å². The highest BCUT2D eigenvalue weighted by atomic mass is 15.2. The van der Waals surface area contributed by atoms with E-state index in [0.29, 0.717) is 0 Å². The molecule has 0 saturated heterocycles. The second-order valence-electron chi connectivity index (χ2n) is 22.0. The SMILES string of the molecule is CC1(C)c2cc3c(N(c4ccccc4)c4ccc5ccccc5c4)c4cc5c(cc4c(N(c4ccccc4)c4ccc6ccccc6c4)c3cc2-c2c1ccc1c2C=CCC1)C(C)(C)c1ccc2ccccc2c1-5. The van der Waals surface area contributed by atoms with Gasteiger partial charge in [-0.15, -0.1) is 0 Å². The van der Waals surface area contributed by atoms with Gasteiger partial charge in [-0.1, -0.05) is 185 Å². The molecule has 74 heavy (non-hydrogen) atoms. The molecule has 0 N–H and O–H groups in total. The van der Waals surface area contributed by atoms with Crippen LogP contribution in [0.3, 0.4) is 0 Å². The van der Waals surface area contributed by atoms with Crippen molar-refractivity contribution in [3.8, 4) is 22.3 Å². The van der Waals surface area contributed by atoms with Gasteiger partial charge in [0.05, 0.1) is 11.4 Å². The summed E-state index contributed by atoms with van der Waals surface area (Å²) in [6.07, 6.45) is 6.92. The first-order valence-corrected chi connectivity index (χ1v) is 26.4. The van der Waals surface area contributed by atoms with Crippen LogP contribution in [0.5, 0.6) is 0 Å². The van der Waals surface area contributed by atoms with E-state index in [9.17, 15) is 0 Å². The summed E-state index contributed by atoms with van der Waals surface area (Å²) in [5.41, 5.74) is 19.9. The summed E-state index contributed by atoms with van der Waals surface area (Å²) in [4.78, 5) is 5.15. The third-order valence-corrected chi connectivity index (χ3v) is 17.2. The number of fused-ring (bicyclic) bond motifs is 14. The fraction of sp³-hybridized carbons (Fsp3) is 0.111. The third-order valence-electron chi connectivity index (χ3n) is 17.2. The average Bonchev–Trinajstić information content (AvgIpc) is 3.86. The Labute approximate surface area is 433 Å². The second kappa shape index (κ2) is 15.9. The first-order valence-electron chi connectivity index (χ1n) is 26.4. The van der Waals surface area contributed by atoms with Crippen molar-refractivity contribution in [2.45, 2.75) is 51.4 Å². The minimum atomic E-state index is -0.278. The standard InChI is InChI=1S/C72H54N2/c1-71(2)63-37-33-47-21-15-17-29-55(47)67(63)61-41-57-59(43-65(61)71)69(73(51-25-7-5-8-26-51)53-35-31-45-19-11-13-23-49(45)39-53)58-42-62-66(72(3,4)64-38-34-48-22-16-18-30-56(48)68(62)64)44-60(58)70(57)74(52-27-9-6-10-28-52)54-36-32-46-20-12-14-24-50(46)40-54/h5-15,17-21,23-44H,16,22H2,1-4H3. The highest BCUT2D eigenvalue weighted by molar-refractivity contribution is 6.26. The first kappa shape index (κ1) is 42.9. The smallest absolute Gasteiger partial charge is 0.0620 e. The molecular formula is C72H54N2. The topological polar surface area (TPSA) is 6.48 Å². The lowest BCUT2D eigenvalue weighted by Crippen LogP contribution is -2.18. The van der Waals surface area contributed by atoms with Crippen molar-refractivity contribution >= 4 is 94.1 Å². The highest BCUT2D eigenvalue weighted by Crippen LogP contribution is 2.60. The molecule has 0 heterocycles. The molecule has 2 nitrogen and oxygen atoms in total. The molecule has 0 saturated carbocycles. The van der Waals surface area contributed by atoms with Crippen molar-refractivity contribution in [2.75, 3.05) is 9.80 Å². The molecule has 0 spiro atoms. The number of para-hydroxylation sites is 2. The first-order chi connectivity index (χ1) is 36.2. The van der Waals surface area contributed by atoms with E-state index in [2.05, 4.69) is 268 Å². The highest BCUT2D eigenvalue weighted by Gasteiger charge is 2.41. The number of hydrogen-bond donors (Lipinski definition) is 0. The summed E-state index contributed by atoms with van der Waals surface area (Å²) in [5, 5.41) is 12.3. The van der Waals surface area contributed by atoms with Crippen LogP contribution in [0.2, 0.25) is 0 Å². The Morgan fingerprint density at radius 2 is 0.784 bits per heavy atom. The van der Waals surface area contributed by atoms with Crippen molar-refractivity contribution in [3.63, 3.8) is 0 Å². The van der Waals surface area contributed by atoms with Crippen molar-refractivity contribution in [1.29, 1.82) is 0 Å². The Morgan fingerprint density at radius 1 is 0.338 bits per heavy atom. The van der Waals surface area contributed by atoms with Crippen molar-refractivity contribution in [2.24, 2.45) is 0 Å². The van der Waals surface area contributed by atoms with E-state index in [1.165, 1.54) is 121 Å². The molecule has 352 valence electrons. The number of allylic oxidation sites excluding steroid dienone is 1. The summed E-state index contributed by atoms with van der Waals surface area (Å²) in [6.45, 7) is 9.77. The maximum Gasteiger partial charge on any atom is 0.0620 e. The predicted octanol–water partition coefficient (Wildman–Crippen LogP) is 20.0. The summed E-state index contributed by atoms with van der Waals surface area (Å²) in [6, 6.07) is 82.8. The van der Waals surface area contributed by atoms with E-state index < -0.39 is 0 Å². The van der Waals surface area contributed by atoms with E-state index in [-0.39, 0.29) is 10.8 Å². The van der Waals surface area contributed by atoms with Crippen LogP contribution >= 0.6 is 0 Å². The largest absolute Gasteiger partial charge is 0.309 e. The third kappa shape index (κ3) is 6.18. The minimum Gasteiger partial charge on any atom is -0.309 e. The molecule has 0 unspecified atom stereocenters. The zero-order valence-corrected chi connectivity index (χ0v) is 42.2. The quantitative estimate of drug-likeness (QED) is 0.121. The molecule has 12 aromatic carbocycles. The molecule has 15 rings (SSSR count). The van der Waals surface area contributed by atoms with Gasteiger partial charge in [0.25, 0.3) is 0 Å². The van der Waals surface area contributed by atoms with Crippen LogP contribution in [-0.2, 0) is 17.3 Å². The molecule has 12 aromatic rings. The summed E-state index contributed by atoms with van der Waals surface area (Å²) >= 11 is 0. The number of nitrogens with zero attached hydrogens (tertiary/aromatic N) is 2. The van der Waals surface area contributed by atoms with Crippen LogP contribution in [-0.4, -0.2) is 0 Å². The van der Waals surface area contributed by atoms with Crippen molar-refractivity contribution in [3.05, 3.63) is 258 Å². The monoisotopic (exact) mass is 946 g/mol. The lowest BCUT2D eigenvalue weighted by Gasteiger charge is -2.34. The molecule has 0 bridgehead atoms. The van der Waals surface area contributed by atoms with Crippen LogP contribution in [0.4, 0.5) is 34.1 Å². The fourth-order valence-corrected chi connectivity index (χ4v) is 13.5. The number of hydrogen-bond acceptors (Lipinski definition) is 2. The number of benzene rings is 12. The van der Waals surface area contributed by atoms with Crippen LogP contribution < -0.4 is 9.80 Å². The summed E-state index contributed by atoms with van der Waals surface area (Å²) < 4.78 is 0. The van der Waals surface area contributed by atoms with Crippen molar-refractivity contribution < 1.29 is 0 Å². The average molecular weight is 947 g/mol. The Morgan fingerprint density at radius 3 is 1.35 bits per heavy atom. The Kier molecular flexibility index (Phi) is 9.21. The second-order valence-corrected chi connectivity index (χ2v) is 22.0. The molecule has 2 heteroatoms. The zero-order chi connectivity index (χ0) is 49.5. The van der Waals surface area contributed by atoms with Gasteiger partial charge >= 0.3 is 0 Å². The van der Waals surface area contributed by atoms with Crippen molar-refractivity contribution in [1.82, 2.24) is 0 Å². The van der Waals surface area contributed by atoms with Gasteiger partial charge in [-0.25, -0.2) is 0 Å². The van der Waals surface area contributed by atoms with Crippen LogP contribution in [0.25, 0.3) is 82.2 Å². The van der Waals surface area contributed by atoms with E-state index in [4.69, 9.17) is 0 Å². The summed E-state index contributed by atoms with van der Waals surface area (Å²) in [7, 11) is 0. The minimum absolute atomic E-state index is 0.261.